The molecule has 0 aliphatic rings. The molecule has 0 saturated heterocycles. The number of aromatic amines is 1. The second kappa shape index (κ2) is 8.53. The second-order valence-electron chi connectivity index (χ2n) is 7.31. The first-order valence-corrected chi connectivity index (χ1v) is 10.6. The zero-order valence-electron chi connectivity index (χ0n) is 16.6. The van der Waals surface area contributed by atoms with Crippen LogP contribution in [0.4, 0.5) is 0 Å². The van der Waals surface area contributed by atoms with E-state index in [1.807, 2.05) is 30.3 Å². The van der Waals surface area contributed by atoms with Gasteiger partial charge in [-0.3, -0.25) is 14.8 Å². The van der Waals surface area contributed by atoms with Gasteiger partial charge in [-0.2, -0.15) is 0 Å². The number of carbonyl (C=O) groups excluding carboxylic acids is 1. The molecule has 0 fully saturated rings. The van der Waals surface area contributed by atoms with Gasteiger partial charge in [-0.15, -0.1) is 0 Å². The van der Waals surface area contributed by atoms with Gasteiger partial charge < -0.3 is 10.3 Å². The standard InChI is InChI=1S/C23H16Cl2N6O/c24-16-6-15-3-13(1-2-20(15)27-9-16)4-17-10-26-12-21(31-17)23(32)30-8-14-5-18-19(25)11-29-22(18)28-7-14/h1-3,5-7,9-12H,4,8H2,(H,28,29)(H,30,32). The van der Waals surface area contributed by atoms with Crippen LogP contribution in [0.2, 0.25) is 10.0 Å². The highest BCUT2D eigenvalue weighted by atomic mass is 35.5. The van der Waals surface area contributed by atoms with Gasteiger partial charge in [-0.25, -0.2) is 9.97 Å². The third-order valence-corrected chi connectivity index (χ3v) is 5.52. The molecule has 1 amide bonds. The Balaban J connectivity index is 1.29. The Bertz CT molecular complexity index is 1470. The monoisotopic (exact) mass is 462 g/mol. The van der Waals surface area contributed by atoms with Crippen molar-refractivity contribution >= 4 is 51.0 Å². The fourth-order valence-electron chi connectivity index (χ4n) is 3.46. The van der Waals surface area contributed by atoms with Crippen LogP contribution in [0.1, 0.15) is 27.3 Å². The summed E-state index contributed by atoms with van der Waals surface area (Å²) in [4.78, 5) is 32.9. The first kappa shape index (κ1) is 20.4. The summed E-state index contributed by atoms with van der Waals surface area (Å²) in [6.45, 7) is 0.299. The van der Waals surface area contributed by atoms with Crippen molar-refractivity contribution in [3.8, 4) is 0 Å². The lowest BCUT2D eigenvalue weighted by Gasteiger charge is -2.07. The highest BCUT2D eigenvalue weighted by molar-refractivity contribution is 6.35. The minimum absolute atomic E-state index is 0.252. The molecule has 0 spiro atoms. The number of amides is 1. The number of pyridine rings is 2. The van der Waals surface area contributed by atoms with Crippen molar-refractivity contribution in [3.05, 3.63) is 93.9 Å². The number of nitrogens with one attached hydrogen (secondary N) is 2. The number of H-pyrrole nitrogens is 1. The Morgan fingerprint density at radius 3 is 2.81 bits per heavy atom. The Hall–Kier alpha value is -3.55. The van der Waals surface area contributed by atoms with Gasteiger partial charge in [0.05, 0.1) is 27.5 Å². The van der Waals surface area contributed by atoms with Crippen molar-refractivity contribution in [3.63, 3.8) is 0 Å². The molecule has 9 heteroatoms. The van der Waals surface area contributed by atoms with Gasteiger partial charge in [0.2, 0.25) is 0 Å². The molecule has 4 aromatic heterocycles. The quantitative estimate of drug-likeness (QED) is 0.393. The molecule has 32 heavy (non-hydrogen) atoms. The minimum Gasteiger partial charge on any atom is -0.347 e. The summed E-state index contributed by atoms with van der Waals surface area (Å²) in [5.41, 5.74) is 4.37. The predicted molar refractivity (Wildman–Crippen MR) is 124 cm³/mol. The van der Waals surface area contributed by atoms with Gasteiger partial charge in [-0.05, 0) is 35.4 Å². The molecule has 5 rings (SSSR count). The lowest BCUT2D eigenvalue weighted by molar-refractivity contribution is 0.0945. The van der Waals surface area contributed by atoms with Gasteiger partial charge in [-0.1, -0.05) is 29.3 Å². The first-order valence-electron chi connectivity index (χ1n) is 9.80. The molecule has 0 aliphatic heterocycles. The Labute approximate surface area is 192 Å². The van der Waals surface area contributed by atoms with Crippen LogP contribution in [0.25, 0.3) is 21.9 Å². The van der Waals surface area contributed by atoms with Crippen LogP contribution in [0, 0.1) is 0 Å². The summed E-state index contributed by atoms with van der Waals surface area (Å²) in [6, 6.07) is 9.69. The largest absolute Gasteiger partial charge is 0.347 e. The van der Waals surface area contributed by atoms with E-state index in [-0.39, 0.29) is 11.6 Å². The number of fused-ring (bicyclic) bond motifs is 2. The maximum absolute atomic E-state index is 12.6. The normalized spacial score (nSPS) is 11.2. The minimum atomic E-state index is -0.311. The van der Waals surface area contributed by atoms with Gasteiger partial charge in [0.1, 0.15) is 11.3 Å². The van der Waals surface area contributed by atoms with Crippen molar-refractivity contribution in [2.45, 2.75) is 13.0 Å². The third-order valence-electron chi connectivity index (χ3n) is 5.00. The topological polar surface area (TPSA) is 96.5 Å². The average molecular weight is 463 g/mol. The van der Waals surface area contributed by atoms with Crippen molar-refractivity contribution < 1.29 is 4.79 Å². The number of halogens is 2. The predicted octanol–water partition coefficient (Wildman–Crippen LogP) is 4.73. The zero-order chi connectivity index (χ0) is 22.1. The van der Waals surface area contributed by atoms with E-state index in [0.717, 1.165) is 27.4 Å². The van der Waals surface area contributed by atoms with E-state index in [4.69, 9.17) is 23.2 Å². The zero-order valence-corrected chi connectivity index (χ0v) is 18.2. The molecule has 0 unspecified atom stereocenters. The van der Waals surface area contributed by atoms with E-state index in [2.05, 4.69) is 30.2 Å². The van der Waals surface area contributed by atoms with Crippen molar-refractivity contribution in [1.82, 2.24) is 30.2 Å². The molecular formula is C23H16Cl2N6O. The van der Waals surface area contributed by atoms with Crippen LogP contribution in [0.15, 0.2) is 61.3 Å². The SMILES string of the molecule is O=C(NCc1cnc2[nH]cc(Cl)c2c1)c1cncc(Cc2ccc3ncc(Cl)cc3c2)n1. The van der Waals surface area contributed by atoms with E-state index in [1.54, 1.807) is 24.8 Å². The highest BCUT2D eigenvalue weighted by Crippen LogP contribution is 2.22. The number of aromatic nitrogens is 5. The van der Waals surface area contributed by atoms with Gasteiger partial charge >= 0.3 is 0 Å². The Morgan fingerprint density at radius 2 is 1.91 bits per heavy atom. The maximum Gasteiger partial charge on any atom is 0.271 e. The van der Waals surface area contributed by atoms with E-state index in [1.165, 1.54) is 6.20 Å². The lowest BCUT2D eigenvalue weighted by Crippen LogP contribution is -2.24. The molecule has 0 atom stereocenters. The fourth-order valence-corrected chi connectivity index (χ4v) is 3.82. The average Bonchev–Trinajstić information content (AvgIpc) is 3.17. The molecule has 0 bridgehead atoms. The van der Waals surface area contributed by atoms with Crippen molar-refractivity contribution in [2.24, 2.45) is 0 Å². The van der Waals surface area contributed by atoms with Crippen LogP contribution in [-0.4, -0.2) is 30.8 Å². The molecule has 5 aromatic rings. The van der Waals surface area contributed by atoms with Gasteiger partial charge in [0.15, 0.2) is 0 Å². The summed E-state index contributed by atoms with van der Waals surface area (Å²) in [6.07, 6.45) is 8.64. The molecule has 2 N–H and O–H groups in total. The molecule has 0 saturated carbocycles. The van der Waals surface area contributed by atoms with E-state index < -0.39 is 0 Å². The first-order chi connectivity index (χ1) is 15.5. The number of benzene rings is 1. The molecule has 4 heterocycles. The lowest BCUT2D eigenvalue weighted by atomic mass is 10.1. The maximum atomic E-state index is 12.6. The number of hydrogen-bond donors (Lipinski definition) is 2. The van der Waals surface area contributed by atoms with Gasteiger partial charge in [0, 0.05) is 48.5 Å². The summed E-state index contributed by atoms with van der Waals surface area (Å²) >= 11 is 12.2. The van der Waals surface area contributed by atoms with E-state index >= 15 is 0 Å². The molecular weight excluding hydrogens is 447 g/mol. The highest BCUT2D eigenvalue weighted by Gasteiger charge is 2.11. The smallest absolute Gasteiger partial charge is 0.271 e. The summed E-state index contributed by atoms with van der Waals surface area (Å²) in [5.74, 6) is -0.311. The number of rotatable bonds is 5. The molecule has 7 nitrogen and oxygen atoms in total. The van der Waals surface area contributed by atoms with E-state index in [0.29, 0.717) is 34.4 Å². The summed E-state index contributed by atoms with van der Waals surface area (Å²) in [5, 5.41) is 5.79. The van der Waals surface area contributed by atoms with Crippen LogP contribution in [0.5, 0.6) is 0 Å². The summed E-state index contributed by atoms with van der Waals surface area (Å²) in [7, 11) is 0. The molecule has 0 radical (unpaired) electrons. The molecule has 0 aliphatic carbocycles. The van der Waals surface area contributed by atoms with Gasteiger partial charge in [0.25, 0.3) is 5.91 Å². The fraction of sp³-hybridized carbons (Fsp3) is 0.0870. The second-order valence-corrected chi connectivity index (χ2v) is 8.16. The van der Waals surface area contributed by atoms with E-state index in [9.17, 15) is 4.79 Å². The molecule has 1 aromatic carbocycles. The molecule has 158 valence electrons. The van der Waals surface area contributed by atoms with Crippen LogP contribution in [0.3, 0.4) is 0 Å². The third kappa shape index (κ3) is 4.26. The van der Waals surface area contributed by atoms with Crippen LogP contribution < -0.4 is 5.32 Å². The van der Waals surface area contributed by atoms with Crippen molar-refractivity contribution in [1.29, 1.82) is 0 Å². The number of nitrogens with zero attached hydrogens (tertiary/aromatic N) is 4. The van der Waals surface area contributed by atoms with Crippen LogP contribution in [-0.2, 0) is 13.0 Å². The van der Waals surface area contributed by atoms with Crippen LogP contribution >= 0.6 is 23.2 Å². The number of carbonyl (C=O) groups is 1. The van der Waals surface area contributed by atoms with Crippen molar-refractivity contribution in [2.75, 3.05) is 0 Å². The Kier molecular flexibility index (Phi) is 5.43. The Morgan fingerprint density at radius 1 is 1.00 bits per heavy atom. The summed E-state index contributed by atoms with van der Waals surface area (Å²) < 4.78 is 0. The number of hydrogen-bond acceptors (Lipinski definition) is 5.